The van der Waals surface area contributed by atoms with E-state index < -0.39 is 17.9 Å². The Hall–Kier alpha value is -2.44. The fourth-order valence-electron chi connectivity index (χ4n) is 1.82. The maximum absolute atomic E-state index is 11.9. The maximum atomic E-state index is 11.9. The largest absolute Gasteiger partial charge is 0.397 e. The summed E-state index contributed by atoms with van der Waals surface area (Å²) >= 11 is 0. The molecule has 7 nitrogen and oxygen atoms in total. The second-order valence-electron chi connectivity index (χ2n) is 4.33. The van der Waals surface area contributed by atoms with Gasteiger partial charge in [0.2, 0.25) is 5.91 Å². The van der Waals surface area contributed by atoms with Gasteiger partial charge in [-0.1, -0.05) is 0 Å². The third kappa shape index (κ3) is 2.70. The molecule has 0 aliphatic carbocycles. The number of carbonyl (C=O) groups excluding carboxylic acids is 3. The number of amides is 3. The number of likely N-dealkylation sites (tertiary alicyclic amines) is 1. The van der Waals surface area contributed by atoms with Crippen molar-refractivity contribution < 1.29 is 14.4 Å². The molecule has 100 valence electrons. The Morgan fingerprint density at radius 2 is 2.21 bits per heavy atom. The lowest BCUT2D eigenvalue weighted by Crippen LogP contribution is -2.53. The minimum atomic E-state index is -0.686. The number of pyridine rings is 1. The van der Waals surface area contributed by atoms with Crippen LogP contribution in [0.5, 0.6) is 0 Å². The van der Waals surface area contributed by atoms with Gasteiger partial charge >= 0.3 is 0 Å². The number of imide groups is 1. The third-order valence-electron chi connectivity index (χ3n) is 2.97. The van der Waals surface area contributed by atoms with Crippen LogP contribution in [-0.4, -0.2) is 40.7 Å². The first kappa shape index (κ1) is 13.0. The molecule has 2 heterocycles. The lowest BCUT2D eigenvalue weighted by atomic mass is 10.0. The van der Waals surface area contributed by atoms with Crippen LogP contribution in [0, 0.1) is 0 Å². The molecule has 7 heteroatoms. The van der Waals surface area contributed by atoms with Gasteiger partial charge in [0, 0.05) is 13.5 Å². The van der Waals surface area contributed by atoms with Crippen molar-refractivity contribution in [1.29, 1.82) is 0 Å². The van der Waals surface area contributed by atoms with E-state index in [1.807, 2.05) is 0 Å². The summed E-state index contributed by atoms with van der Waals surface area (Å²) in [5, 5.41) is 2.57. The highest BCUT2D eigenvalue weighted by Gasteiger charge is 2.32. The number of rotatable bonds is 2. The molecule has 1 saturated heterocycles. The summed E-state index contributed by atoms with van der Waals surface area (Å²) in [4.78, 5) is 39.9. The van der Waals surface area contributed by atoms with Crippen LogP contribution < -0.4 is 11.1 Å². The number of anilines is 1. The van der Waals surface area contributed by atoms with E-state index in [2.05, 4.69) is 10.3 Å². The zero-order valence-electron chi connectivity index (χ0n) is 10.4. The number of nitrogens with two attached hydrogens (primary N) is 1. The first-order valence-electron chi connectivity index (χ1n) is 5.82. The molecule has 1 fully saturated rings. The van der Waals surface area contributed by atoms with Gasteiger partial charge in [0.15, 0.2) is 0 Å². The molecule has 2 rings (SSSR count). The number of nitrogens with zero attached hydrogens (tertiary/aromatic N) is 2. The Bertz CT molecular complexity index is 526. The zero-order chi connectivity index (χ0) is 14.0. The molecule has 0 bridgehead atoms. The van der Waals surface area contributed by atoms with E-state index in [1.54, 1.807) is 6.07 Å². The van der Waals surface area contributed by atoms with Gasteiger partial charge in [-0.3, -0.25) is 19.3 Å². The van der Waals surface area contributed by atoms with Crippen LogP contribution in [0.4, 0.5) is 5.69 Å². The fourth-order valence-corrected chi connectivity index (χ4v) is 1.82. The van der Waals surface area contributed by atoms with E-state index in [0.717, 1.165) is 4.90 Å². The zero-order valence-corrected chi connectivity index (χ0v) is 10.4. The van der Waals surface area contributed by atoms with E-state index in [0.29, 0.717) is 12.1 Å². The molecule has 3 N–H and O–H groups in total. The smallest absolute Gasteiger partial charge is 0.270 e. The van der Waals surface area contributed by atoms with Crippen molar-refractivity contribution in [3.05, 3.63) is 24.0 Å². The Morgan fingerprint density at radius 1 is 1.47 bits per heavy atom. The fraction of sp³-hybridized carbons (Fsp3) is 0.333. The molecule has 1 aromatic rings. The van der Waals surface area contributed by atoms with E-state index >= 15 is 0 Å². The summed E-state index contributed by atoms with van der Waals surface area (Å²) in [6.07, 6.45) is 1.92. The Kier molecular flexibility index (Phi) is 3.46. The Labute approximate surface area is 109 Å². The number of hydrogen-bond acceptors (Lipinski definition) is 5. The van der Waals surface area contributed by atoms with Crippen LogP contribution in [0.1, 0.15) is 23.3 Å². The number of aromatic nitrogens is 1. The van der Waals surface area contributed by atoms with Gasteiger partial charge in [-0.2, -0.15) is 0 Å². The predicted octanol–water partition coefficient (Wildman–Crippen LogP) is -0.459. The highest BCUT2D eigenvalue weighted by molar-refractivity contribution is 6.03. The van der Waals surface area contributed by atoms with Crippen molar-refractivity contribution in [2.75, 3.05) is 12.8 Å². The Morgan fingerprint density at radius 3 is 2.84 bits per heavy atom. The van der Waals surface area contributed by atoms with Gasteiger partial charge in [0.1, 0.15) is 11.7 Å². The van der Waals surface area contributed by atoms with Crippen LogP contribution in [0.3, 0.4) is 0 Å². The molecular weight excluding hydrogens is 248 g/mol. The summed E-state index contributed by atoms with van der Waals surface area (Å²) in [5.74, 6) is -1.10. The average Bonchev–Trinajstić information content (AvgIpc) is 2.40. The first-order chi connectivity index (χ1) is 8.99. The SMILES string of the molecule is CN1C(=O)CCC(NC(=O)c2ccc(N)cn2)C1=O. The normalized spacial score (nSPS) is 19.4. The highest BCUT2D eigenvalue weighted by atomic mass is 16.2. The third-order valence-corrected chi connectivity index (χ3v) is 2.97. The topological polar surface area (TPSA) is 105 Å². The van der Waals surface area contributed by atoms with E-state index in [9.17, 15) is 14.4 Å². The van der Waals surface area contributed by atoms with E-state index in [4.69, 9.17) is 5.73 Å². The predicted molar refractivity (Wildman–Crippen MR) is 66.9 cm³/mol. The number of piperidine rings is 1. The van der Waals surface area contributed by atoms with Crippen molar-refractivity contribution >= 4 is 23.4 Å². The van der Waals surface area contributed by atoms with Gasteiger partial charge in [0.25, 0.3) is 11.8 Å². The monoisotopic (exact) mass is 262 g/mol. The van der Waals surface area contributed by atoms with Gasteiger partial charge in [-0.05, 0) is 18.6 Å². The van der Waals surface area contributed by atoms with Crippen molar-refractivity contribution in [2.45, 2.75) is 18.9 Å². The van der Waals surface area contributed by atoms with Crippen LogP contribution in [0.2, 0.25) is 0 Å². The standard InChI is InChI=1S/C12H14N4O3/c1-16-10(17)5-4-9(12(16)19)15-11(18)8-3-2-7(13)6-14-8/h2-3,6,9H,4-5,13H2,1H3,(H,15,18). The number of likely N-dealkylation sites (N-methyl/N-ethyl adjacent to an activating group) is 1. The number of nitrogen functional groups attached to an aromatic ring is 1. The maximum Gasteiger partial charge on any atom is 0.270 e. The van der Waals surface area contributed by atoms with Crippen molar-refractivity contribution in [3.8, 4) is 0 Å². The van der Waals surface area contributed by atoms with E-state index in [-0.39, 0.29) is 18.0 Å². The van der Waals surface area contributed by atoms with Gasteiger partial charge < -0.3 is 11.1 Å². The Balaban J connectivity index is 2.05. The molecule has 3 amide bonds. The van der Waals surface area contributed by atoms with Crippen molar-refractivity contribution in [3.63, 3.8) is 0 Å². The van der Waals surface area contributed by atoms with Crippen LogP contribution in [0.15, 0.2) is 18.3 Å². The summed E-state index contributed by atoms with van der Waals surface area (Å²) in [5.41, 5.74) is 6.11. The number of hydrogen-bond donors (Lipinski definition) is 2. The molecule has 0 spiro atoms. The first-order valence-corrected chi connectivity index (χ1v) is 5.82. The molecule has 0 aromatic carbocycles. The second-order valence-corrected chi connectivity index (χ2v) is 4.33. The van der Waals surface area contributed by atoms with Crippen molar-refractivity contribution in [1.82, 2.24) is 15.2 Å². The highest BCUT2D eigenvalue weighted by Crippen LogP contribution is 2.12. The molecular formula is C12H14N4O3. The summed E-state index contributed by atoms with van der Waals surface area (Å²) in [7, 11) is 1.41. The molecule has 19 heavy (non-hydrogen) atoms. The van der Waals surface area contributed by atoms with Gasteiger partial charge in [0.05, 0.1) is 11.9 Å². The molecule has 0 saturated carbocycles. The van der Waals surface area contributed by atoms with Crippen molar-refractivity contribution in [2.24, 2.45) is 0 Å². The average molecular weight is 262 g/mol. The molecule has 1 aliphatic heterocycles. The van der Waals surface area contributed by atoms with Crippen LogP contribution in [0.25, 0.3) is 0 Å². The quantitative estimate of drug-likeness (QED) is 0.702. The molecule has 0 radical (unpaired) electrons. The van der Waals surface area contributed by atoms with E-state index in [1.165, 1.54) is 19.3 Å². The number of nitrogens with one attached hydrogen (secondary N) is 1. The minimum absolute atomic E-state index is 0.182. The summed E-state index contributed by atoms with van der Waals surface area (Å²) < 4.78 is 0. The molecule has 1 unspecified atom stereocenters. The number of carbonyl (C=O) groups is 3. The molecule has 1 aliphatic rings. The minimum Gasteiger partial charge on any atom is -0.397 e. The van der Waals surface area contributed by atoms with Crippen LogP contribution in [-0.2, 0) is 9.59 Å². The summed E-state index contributed by atoms with van der Waals surface area (Å²) in [6.45, 7) is 0. The molecule has 1 atom stereocenters. The summed E-state index contributed by atoms with van der Waals surface area (Å²) in [6, 6.07) is 2.35. The lowest BCUT2D eigenvalue weighted by Gasteiger charge is -2.28. The molecule has 1 aromatic heterocycles. The van der Waals surface area contributed by atoms with Gasteiger partial charge in [-0.15, -0.1) is 0 Å². The lowest BCUT2D eigenvalue weighted by molar-refractivity contribution is -0.147. The second kappa shape index (κ2) is 5.05. The van der Waals surface area contributed by atoms with Crippen LogP contribution >= 0.6 is 0 Å². The van der Waals surface area contributed by atoms with Gasteiger partial charge in [-0.25, -0.2) is 4.98 Å².